The third kappa shape index (κ3) is 1.88. The number of rotatable bonds is 4. The number of fused-ring (bicyclic) bond motifs is 1. The van der Waals surface area contributed by atoms with E-state index in [0.29, 0.717) is 6.04 Å². The minimum Gasteiger partial charge on any atom is -0.441 e. The summed E-state index contributed by atoms with van der Waals surface area (Å²) >= 11 is 0. The summed E-state index contributed by atoms with van der Waals surface area (Å²) in [4.78, 5) is 4.40. The summed E-state index contributed by atoms with van der Waals surface area (Å²) in [6.07, 6.45) is 5.61. The molecule has 0 atom stereocenters. The molecule has 0 amide bonds. The normalized spacial score (nSPS) is 19.7. The van der Waals surface area contributed by atoms with E-state index in [-0.39, 0.29) is 0 Å². The van der Waals surface area contributed by atoms with Gasteiger partial charge in [0.15, 0.2) is 11.5 Å². The standard InChI is InChI=1S/C15H18N2O/c1-9-16-13-8-12(6-7-14(13)18-9)17-15(10-2-3-10)11-4-5-11/h6-8,10-11,15,17H,2-5H2,1H3. The van der Waals surface area contributed by atoms with Crippen molar-refractivity contribution >= 4 is 16.8 Å². The lowest BCUT2D eigenvalue weighted by molar-refractivity contribution is 0.561. The van der Waals surface area contributed by atoms with Crippen molar-refractivity contribution in [3.63, 3.8) is 0 Å². The molecule has 2 fully saturated rings. The Bertz CT molecular complexity index is 569. The predicted octanol–water partition coefficient (Wildman–Crippen LogP) is 3.74. The maximum absolute atomic E-state index is 5.51. The summed E-state index contributed by atoms with van der Waals surface area (Å²) in [7, 11) is 0. The van der Waals surface area contributed by atoms with Gasteiger partial charge in [0.1, 0.15) is 5.52 Å². The van der Waals surface area contributed by atoms with Crippen LogP contribution in [0.2, 0.25) is 0 Å². The number of aromatic nitrogens is 1. The fourth-order valence-corrected chi connectivity index (χ4v) is 2.86. The second kappa shape index (κ2) is 3.74. The predicted molar refractivity (Wildman–Crippen MR) is 71.6 cm³/mol. The molecule has 2 aliphatic rings. The Kier molecular flexibility index (Phi) is 2.16. The molecule has 3 nitrogen and oxygen atoms in total. The Hall–Kier alpha value is -1.51. The number of anilines is 1. The molecule has 2 aliphatic carbocycles. The zero-order valence-corrected chi connectivity index (χ0v) is 10.6. The molecule has 0 unspecified atom stereocenters. The van der Waals surface area contributed by atoms with Crippen molar-refractivity contribution in [1.82, 2.24) is 4.98 Å². The third-order valence-electron chi connectivity index (χ3n) is 4.09. The molecule has 0 radical (unpaired) electrons. The van der Waals surface area contributed by atoms with Crippen LogP contribution in [0.5, 0.6) is 0 Å². The average molecular weight is 242 g/mol. The first-order chi connectivity index (χ1) is 8.79. The second-order valence-corrected chi connectivity index (χ2v) is 5.76. The molecule has 1 aromatic carbocycles. The zero-order valence-electron chi connectivity index (χ0n) is 10.6. The first kappa shape index (κ1) is 10.4. The molecule has 0 saturated heterocycles. The molecule has 1 N–H and O–H groups in total. The lowest BCUT2D eigenvalue weighted by atomic mass is 10.1. The third-order valence-corrected chi connectivity index (χ3v) is 4.09. The Balaban J connectivity index is 1.60. The van der Waals surface area contributed by atoms with E-state index < -0.39 is 0 Å². The smallest absolute Gasteiger partial charge is 0.192 e. The van der Waals surface area contributed by atoms with Gasteiger partial charge in [-0.1, -0.05) is 0 Å². The molecule has 2 aromatic rings. The number of hydrogen-bond donors (Lipinski definition) is 1. The fraction of sp³-hybridized carbons (Fsp3) is 0.533. The van der Waals surface area contributed by atoms with Crippen LogP contribution in [-0.4, -0.2) is 11.0 Å². The van der Waals surface area contributed by atoms with E-state index >= 15 is 0 Å². The van der Waals surface area contributed by atoms with Gasteiger partial charge in [0.05, 0.1) is 0 Å². The van der Waals surface area contributed by atoms with Crippen molar-refractivity contribution < 1.29 is 4.42 Å². The highest BCUT2D eigenvalue weighted by Crippen LogP contribution is 2.45. The van der Waals surface area contributed by atoms with Gasteiger partial charge in [-0.2, -0.15) is 0 Å². The summed E-state index contributed by atoms with van der Waals surface area (Å²) in [5, 5.41) is 3.72. The van der Waals surface area contributed by atoms with E-state index in [1.54, 1.807) is 0 Å². The fourth-order valence-electron chi connectivity index (χ4n) is 2.86. The van der Waals surface area contributed by atoms with Crippen molar-refractivity contribution in [2.24, 2.45) is 11.8 Å². The van der Waals surface area contributed by atoms with Gasteiger partial charge in [-0.3, -0.25) is 0 Å². The highest BCUT2D eigenvalue weighted by molar-refractivity contribution is 5.77. The molecule has 18 heavy (non-hydrogen) atoms. The molecule has 0 spiro atoms. The second-order valence-electron chi connectivity index (χ2n) is 5.76. The van der Waals surface area contributed by atoms with Gasteiger partial charge >= 0.3 is 0 Å². The molecule has 0 bridgehead atoms. The van der Waals surface area contributed by atoms with Gasteiger partial charge in [-0.25, -0.2) is 4.98 Å². The van der Waals surface area contributed by atoms with Crippen molar-refractivity contribution in [2.75, 3.05) is 5.32 Å². The summed E-state index contributed by atoms with van der Waals surface area (Å²) in [5.74, 6) is 2.56. The van der Waals surface area contributed by atoms with Crippen LogP contribution in [0.3, 0.4) is 0 Å². The molecule has 2 saturated carbocycles. The number of hydrogen-bond acceptors (Lipinski definition) is 3. The zero-order chi connectivity index (χ0) is 12.1. The molecule has 3 heteroatoms. The van der Waals surface area contributed by atoms with Gasteiger partial charge in [0, 0.05) is 18.7 Å². The Labute approximate surface area is 107 Å². The Morgan fingerprint density at radius 1 is 1.22 bits per heavy atom. The number of nitrogens with zero attached hydrogens (tertiary/aromatic N) is 1. The number of aryl methyl sites for hydroxylation is 1. The van der Waals surface area contributed by atoms with Crippen molar-refractivity contribution in [3.05, 3.63) is 24.1 Å². The first-order valence-electron chi connectivity index (χ1n) is 6.93. The van der Waals surface area contributed by atoms with E-state index in [1.165, 1.54) is 31.4 Å². The molecule has 1 heterocycles. The average Bonchev–Trinajstić information content (AvgIpc) is 3.23. The molecule has 94 valence electrons. The highest BCUT2D eigenvalue weighted by atomic mass is 16.3. The topological polar surface area (TPSA) is 38.1 Å². The number of oxazole rings is 1. The van der Waals surface area contributed by atoms with E-state index in [1.807, 2.05) is 13.0 Å². The van der Waals surface area contributed by atoms with Gasteiger partial charge in [0.25, 0.3) is 0 Å². The quantitative estimate of drug-likeness (QED) is 0.887. The molecular formula is C15H18N2O. The van der Waals surface area contributed by atoms with Crippen LogP contribution in [-0.2, 0) is 0 Å². The van der Waals surface area contributed by atoms with Gasteiger partial charge in [0.2, 0.25) is 0 Å². The highest BCUT2D eigenvalue weighted by Gasteiger charge is 2.41. The number of benzene rings is 1. The maximum Gasteiger partial charge on any atom is 0.192 e. The summed E-state index contributed by atoms with van der Waals surface area (Å²) in [6.45, 7) is 1.89. The summed E-state index contributed by atoms with van der Waals surface area (Å²) < 4.78 is 5.51. The minimum atomic E-state index is 0.690. The van der Waals surface area contributed by atoms with Crippen LogP contribution in [0.4, 0.5) is 5.69 Å². The van der Waals surface area contributed by atoms with Crippen LogP contribution >= 0.6 is 0 Å². The van der Waals surface area contributed by atoms with Crippen molar-refractivity contribution in [3.8, 4) is 0 Å². The maximum atomic E-state index is 5.51. The molecule has 1 aromatic heterocycles. The van der Waals surface area contributed by atoms with Crippen molar-refractivity contribution in [1.29, 1.82) is 0 Å². The Morgan fingerprint density at radius 3 is 2.61 bits per heavy atom. The Morgan fingerprint density at radius 2 is 1.94 bits per heavy atom. The van der Waals surface area contributed by atoms with E-state index in [4.69, 9.17) is 4.42 Å². The lowest BCUT2D eigenvalue weighted by Gasteiger charge is -2.18. The van der Waals surface area contributed by atoms with Crippen LogP contribution in [0.1, 0.15) is 31.6 Å². The van der Waals surface area contributed by atoms with Crippen LogP contribution in [0.15, 0.2) is 22.6 Å². The van der Waals surface area contributed by atoms with Crippen molar-refractivity contribution in [2.45, 2.75) is 38.6 Å². The van der Waals surface area contributed by atoms with E-state index in [0.717, 1.165) is 28.8 Å². The van der Waals surface area contributed by atoms with Gasteiger partial charge < -0.3 is 9.73 Å². The minimum absolute atomic E-state index is 0.690. The van der Waals surface area contributed by atoms with Crippen LogP contribution in [0.25, 0.3) is 11.1 Å². The molecular weight excluding hydrogens is 224 g/mol. The SMILES string of the molecule is Cc1nc2cc(NC(C3CC3)C3CC3)ccc2o1. The van der Waals surface area contributed by atoms with E-state index in [9.17, 15) is 0 Å². The van der Waals surface area contributed by atoms with Crippen LogP contribution in [0, 0.1) is 18.8 Å². The van der Waals surface area contributed by atoms with Gasteiger partial charge in [-0.15, -0.1) is 0 Å². The summed E-state index contributed by atoms with van der Waals surface area (Å²) in [5.41, 5.74) is 3.04. The molecule has 0 aliphatic heterocycles. The molecule has 4 rings (SSSR count). The largest absolute Gasteiger partial charge is 0.441 e. The van der Waals surface area contributed by atoms with Gasteiger partial charge in [-0.05, 0) is 55.7 Å². The van der Waals surface area contributed by atoms with Crippen LogP contribution < -0.4 is 5.32 Å². The van der Waals surface area contributed by atoms with E-state index in [2.05, 4.69) is 22.4 Å². The number of nitrogens with one attached hydrogen (secondary N) is 1. The summed E-state index contributed by atoms with van der Waals surface area (Å²) in [6, 6.07) is 6.94. The first-order valence-corrected chi connectivity index (χ1v) is 6.93. The monoisotopic (exact) mass is 242 g/mol. The lowest BCUT2D eigenvalue weighted by Crippen LogP contribution is -2.24.